The molecule has 0 saturated heterocycles. The molecule has 5 heteroatoms. The van der Waals surface area contributed by atoms with Gasteiger partial charge < -0.3 is 10.5 Å². The summed E-state index contributed by atoms with van der Waals surface area (Å²) in [7, 11) is 0. The molecule has 1 aromatic rings. The van der Waals surface area contributed by atoms with Gasteiger partial charge in [-0.3, -0.25) is 4.98 Å². The van der Waals surface area contributed by atoms with Gasteiger partial charge in [-0.15, -0.1) is 0 Å². The third-order valence-electron chi connectivity index (χ3n) is 1.30. The maximum Gasteiger partial charge on any atom is 0.150 e. The van der Waals surface area contributed by atoms with Crippen LogP contribution in [0.1, 0.15) is 6.92 Å². The third-order valence-corrected chi connectivity index (χ3v) is 2.43. The Labute approximate surface area is 93.9 Å². The van der Waals surface area contributed by atoms with Gasteiger partial charge in [0.2, 0.25) is 0 Å². The molecule has 0 radical (unpaired) electrons. The van der Waals surface area contributed by atoms with E-state index in [1.807, 2.05) is 6.92 Å². The summed E-state index contributed by atoms with van der Waals surface area (Å²) in [6, 6.07) is 0.0203. The lowest BCUT2D eigenvalue weighted by atomic mass is 10.4. The zero-order valence-electron chi connectivity index (χ0n) is 7.13. The predicted octanol–water partition coefficient (Wildman–Crippen LogP) is 2.33. The molecule has 0 saturated carbocycles. The summed E-state index contributed by atoms with van der Waals surface area (Å²) in [6.45, 7) is 2.38. The Bertz CT molecular complexity index is 271. The van der Waals surface area contributed by atoms with Gasteiger partial charge in [-0.2, -0.15) is 0 Å². The molecule has 0 spiro atoms. The van der Waals surface area contributed by atoms with E-state index in [1.165, 1.54) is 0 Å². The normalized spacial score (nSPS) is 12.6. The first kappa shape index (κ1) is 10.9. The summed E-state index contributed by atoms with van der Waals surface area (Å²) < 4.78 is 7.11. The summed E-state index contributed by atoms with van der Waals surface area (Å²) in [4.78, 5) is 3.97. The molecule has 1 unspecified atom stereocenters. The minimum atomic E-state index is 0.0203. The quantitative estimate of drug-likeness (QED) is 0.932. The SMILES string of the molecule is CC(N)COc1c(Br)cncc1Br. The van der Waals surface area contributed by atoms with Crippen molar-refractivity contribution in [2.24, 2.45) is 5.73 Å². The van der Waals surface area contributed by atoms with Gasteiger partial charge >= 0.3 is 0 Å². The minimum absolute atomic E-state index is 0.0203. The Morgan fingerprint density at radius 1 is 1.46 bits per heavy atom. The molecule has 1 rings (SSSR count). The highest BCUT2D eigenvalue weighted by atomic mass is 79.9. The smallest absolute Gasteiger partial charge is 0.150 e. The molecule has 0 aliphatic heterocycles. The average molecular weight is 310 g/mol. The fourth-order valence-corrected chi connectivity index (χ4v) is 1.91. The van der Waals surface area contributed by atoms with Crippen molar-refractivity contribution in [3.8, 4) is 5.75 Å². The highest BCUT2D eigenvalue weighted by Gasteiger charge is 2.06. The van der Waals surface area contributed by atoms with Crippen molar-refractivity contribution in [1.82, 2.24) is 4.98 Å². The first-order valence-corrected chi connectivity index (χ1v) is 5.37. The Hall–Kier alpha value is -0.130. The second-order valence-corrected chi connectivity index (χ2v) is 4.43. The van der Waals surface area contributed by atoms with Crippen LogP contribution in [0.4, 0.5) is 0 Å². The van der Waals surface area contributed by atoms with Gasteiger partial charge in [-0.25, -0.2) is 0 Å². The Kier molecular flexibility index (Phi) is 4.15. The molecule has 2 N–H and O–H groups in total. The fraction of sp³-hybridized carbons (Fsp3) is 0.375. The molecule has 0 aliphatic rings. The zero-order chi connectivity index (χ0) is 9.84. The lowest BCUT2D eigenvalue weighted by Gasteiger charge is -2.11. The van der Waals surface area contributed by atoms with Crippen molar-refractivity contribution >= 4 is 31.9 Å². The number of nitrogens with zero attached hydrogens (tertiary/aromatic N) is 1. The molecule has 0 aliphatic carbocycles. The van der Waals surface area contributed by atoms with Gasteiger partial charge in [-0.05, 0) is 38.8 Å². The average Bonchev–Trinajstić information content (AvgIpc) is 2.03. The van der Waals surface area contributed by atoms with Crippen LogP contribution in [0.25, 0.3) is 0 Å². The van der Waals surface area contributed by atoms with Crippen LogP contribution in [0.15, 0.2) is 21.3 Å². The van der Waals surface area contributed by atoms with Crippen LogP contribution < -0.4 is 10.5 Å². The van der Waals surface area contributed by atoms with E-state index in [-0.39, 0.29) is 6.04 Å². The minimum Gasteiger partial charge on any atom is -0.489 e. The van der Waals surface area contributed by atoms with Crippen molar-refractivity contribution < 1.29 is 4.74 Å². The molecule has 1 atom stereocenters. The molecule has 0 aromatic carbocycles. The van der Waals surface area contributed by atoms with E-state index < -0.39 is 0 Å². The van der Waals surface area contributed by atoms with Crippen molar-refractivity contribution in [3.63, 3.8) is 0 Å². The Morgan fingerprint density at radius 3 is 2.46 bits per heavy atom. The number of rotatable bonds is 3. The topological polar surface area (TPSA) is 48.1 Å². The Balaban J connectivity index is 2.75. The number of nitrogens with two attached hydrogens (primary N) is 1. The number of halogens is 2. The highest BCUT2D eigenvalue weighted by Crippen LogP contribution is 2.31. The molecule has 72 valence electrons. The zero-order valence-corrected chi connectivity index (χ0v) is 10.3. The van der Waals surface area contributed by atoms with E-state index in [1.54, 1.807) is 12.4 Å². The number of pyridine rings is 1. The van der Waals surface area contributed by atoms with Crippen molar-refractivity contribution in [1.29, 1.82) is 0 Å². The van der Waals surface area contributed by atoms with Crippen LogP contribution in [0.5, 0.6) is 5.75 Å². The molecule has 1 heterocycles. The molecular formula is C8H10Br2N2O. The van der Waals surface area contributed by atoms with Crippen LogP contribution in [-0.2, 0) is 0 Å². The molecule has 0 bridgehead atoms. The highest BCUT2D eigenvalue weighted by molar-refractivity contribution is 9.11. The van der Waals surface area contributed by atoms with Crippen LogP contribution in [0.3, 0.4) is 0 Å². The van der Waals surface area contributed by atoms with Crippen molar-refractivity contribution in [3.05, 3.63) is 21.3 Å². The second-order valence-electron chi connectivity index (χ2n) is 2.72. The number of ether oxygens (including phenoxy) is 1. The largest absolute Gasteiger partial charge is 0.489 e. The molecule has 3 nitrogen and oxygen atoms in total. The van der Waals surface area contributed by atoms with E-state index in [4.69, 9.17) is 10.5 Å². The van der Waals surface area contributed by atoms with Gasteiger partial charge in [0.05, 0.1) is 8.95 Å². The van der Waals surface area contributed by atoms with Crippen LogP contribution in [0.2, 0.25) is 0 Å². The third kappa shape index (κ3) is 3.25. The maximum atomic E-state index is 5.57. The van der Waals surface area contributed by atoms with E-state index >= 15 is 0 Å². The molecule has 1 aromatic heterocycles. The van der Waals surface area contributed by atoms with E-state index in [0.29, 0.717) is 6.61 Å². The van der Waals surface area contributed by atoms with Gasteiger partial charge in [-0.1, -0.05) is 0 Å². The monoisotopic (exact) mass is 308 g/mol. The maximum absolute atomic E-state index is 5.57. The van der Waals surface area contributed by atoms with E-state index in [9.17, 15) is 0 Å². The summed E-state index contributed by atoms with van der Waals surface area (Å²) in [5.74, 6) is 0.743. The van der Waals surface area contributed by atoms with E-state index in [0.717, 1.165) is 14.7 Å². The van der Waals surface area contributed by atoms with Crippen LogP contribution >= 0.6 is 31.9 Å². The van der Waals surface area contributed by atoms with Gasteiger partial charge in [0, 0.05) is 18.4 Å². The fourth-order valence-electron chi connectivity index (χ4n) is 0.752. The number of hydrogen-bond donors (Lipinski definition) is 1. The van der Waals surface area contributed by atoms with E-state index in [2.05, 4.69) is 36.8 Å². The molecular weight excluding hydrogens is 300 g/mol. The molecule has 0 fully saturated rings. The lowest BCUT2D eigenvalue weighted by Crippen LogP contribution is -2.23. The Morgan fingerprint density at radius 2 is 2.00 bits per heavy atom. The first-order chi connectivity index (χ1) is 6.11. The summed E-state index contributed by atoms with van der Waals surface area (Å²) in [6.07, 6.45) is 3.36. The van der Waals surface area contributed by atoms with Gasteiger partial charge in [0.1, 0.15) is 6.61 Å². The van der Waals surface area contributed by atoms with Crippen LogP contribution in [0, 0.1) is 0 Å². The molecule has 0 amide bonds. The lowest BCUT2D eigenvalue weighted by molar-refractivity contribution is 0.292. The number of aromatic nitrogens is 1. The summed E-state index contributed by atoms with van der Waals surface area (Å²) >= 11 is 6.68. The van der Waals surface area contributed by atoms with Gasteiger partial charge in [0.25, 0.3) is 0 Å². The van der Waals surface area contributed by atoms with Gasteiger partial charge in [0.15, 0.2) is 5.75 Å². The summed E-state index contributed by atoms with van der Waals surface area (Å²) in [5, 5.41) is 0. The molecule has 13 heavy (non-hydrogen) atoms. The van der Waals surface area contributed by atoms with Crippen LogP contribution in [-0.4, -0.2) is 17.6 Å². The number of hydrogen-bond acceptors (Lipinski definition) is 3. The summed E-state index contributed by atoms with van der Waals surface area (Å²) in [5.41, 5.74) is 5.57. The second kappa shape index (κ2) is 4.93. The van der Waals surface area contributed by atoms with Crippen molar-refractivity contribution in [2.45, 2.75) is 13.0 Å². The standard InChI is InChI=1S/C8H10Br2N2O/c1-5(11)4-13-8-6(9)2-12-3-7(8)10/h2-3,5H,4,11H2,1H3. The van der Waals surface area contributed by atoms with Crippen molar-refractivity contribution in [2.75, 3.05) is 6.61 Å². The first-order valence-electron chi connectivity index (χ1n) is 3.78. The predicted molar refractivity (Wildman–Crippen MR) is 58.8 cm³/mol.